The van der Waals surface area contributed by atoms with E-state index in [1.165, 1.54) is 0 Å². The van der Waals surface area contributed by atoms with Crippen LogP contribution in [0.5, 0.6) is 0 Å². The number of benzene rings is 2. The van der Waals surface area contributed by atoms with E-state index in [-0.39, 0.29) is 0 Å². The molecule has 0 unspecified atom stereocenters. The summed E-state index contributed by atoms with van der Waals surface area (Å²) in [6.07, 6.45) is 0. The molecule has 0 bridgehead atoms. The predicted octanol–water partition coefficient (Wildman–Crippen LogP) is 4.64. The van der Waals surface area contributed by atoms with Crippen LogP contribution < -0.4 is 11.5 Å². The van der Waals surface area contributed by atoms with Gasteiger partial charge in [0.05, 0.1) is 32.6 Å². The van der Waals surface area contributed by atoms with Crippen LogP contribution in [0.1, 0.15) is 11.4 Å². The third kappa shape index (κ3) is 3.36. The fourth-order valence-corrected chi connectivity index (χ4v) is 5.45. The third-order valence-corrected chi connectivity index (χ3v) is 6.96. The van der Waals surface area contributed by atoms with Crippen molar-refractivity contribution in [2.75, 3.05) is 11.5 Å². The normalized spacial score (nSPS) is 11.1. The average Bonchev–Trinajstić information content (AvgIpc) is 3.17. The molecule has 6 nitrogen and oxygen atoms in total. The molecule has 2 aromatic carbocycles. The van der Waals surface area contributed by atoms with Gasteiger partial charge in [-0.15, -0.1) is 0 Å². The second-order valence-electron chi connectivity index (χ2n) is 6.26. The molecular formula is C20H20N6S2. The van der Waals surface area contributed by atoms with Crippen LogP contribution >= 0.6 is 21.6 Å². The van der Waals surface area contributed by atoms with Gasteiger partial charge < -0.3 is 11.5 Å². The molecule has 0 fully saturated rings. The molecule has 4 N–H and O–H groups in total. The van der Waals surface area contributed by atoms with Crippen molar-refractivity contribution in [2.24, 2.45) is 0 Å². The fraction of sp³-hybridized carbons (Fsp3) is 0.100. The minimum absolute atomic E-state index is 0.618. The summed E-state index contributed by atoms with van der Waals surface area (Å²) >= 11 is 0. The molecule has 0 aliphatic rings. The van der Waals surface area contributed by atoms with Gasteiger partial charge in [0.25, 0.3) is 0 Å². The third-order valence-electron chi connectivity index (χ3n) is 4.29. The molecule has 0 atom stereocenters. The van der Waals surface area contributed by atoms with E-state index in [0.717, 1.165) is 32.6 Å². The number of aromatic nitrogens is 4. The number of hydrogen-bond acceptors (Lipinski definition) is 6. The van der Waals surface area contributed by atoms with Gasteiger partial charge in [-0.1, -0.05) is 36.4 Å². The maximum Gasteiger partial charge on any atom is 0.142 e. The van der Waals surface area contributed by atoms with Crippen molar-refractivity contribution in [3.63, 3.8) is 0 Å². The first-order valence-electron chi connectivity index (χ1n) is 8.72. The first-order valence-corrected chi connectivity index (χ1v) is 10.9. The minimum Gasteiger partial charge on any atom is -0.383 e. The minimum atomic E-state index is 0.618. The summed E-state index contributed by atoms with van der Waals surface area (Å²) in [5, 5.41) is 9.19. The quantitative estimate of drug-likeness (QED) is 0.468. The second-order valence-corrected chi connectivity index (χ2v) is 8.41. The van der Waals surface area contributed by atoms with Crippen molar-refractivity contribution < 1.29 is 0 Å². The van der Waals surface area contributed by atoms with Gasteiger partial charge in [0.15, 0.2) is 0 Å². The molecule has 142 valence electrons. The van der Waals surface area contributed by atoms with Crippen LogP contribution in [0.15, 0.2) is 70.5 Å². The largest absolute Gasteiger partial charge is 0.383 e. The lowest BCUT2D eigenvalue weighted by Crippen LogP contribution is -2.01. The molecule has 0 aliphatic heterocycles. The van der Waals surface area contributed by atoms with Gasteiger partial charge in [0, 0.05) is 0 Å². The highest BCUT2D eigenvalue weighted by molar-refractivity contribution is 8.76. The Bertz CT molecular complexity index is 1010. The van der Waals surface area contributed by atoms with Crippen molar-refractivity contribution in [1.29, 1.82) is 0 Å². The van der Waals surface area contributed by atoms with Gasteiger partial charge >= 0.3 is 0 Å². The maximum absolute atomic E-state index is 6.39. The Morgan fingerprint density at radius 3 is 1.36 bits per heavy atom. The highest BCUT2D eigenvalue weighted by atomic mass is 33.1. The number of anilines is 2. The van der Waals surface area contributed by atoms with E-state index in [2.05, 4.69) is 10.2 Å². The molecule has 0 saturated carbocycles. The van der Waals surface area contributed by atoms with Crippen LogP contribution in [0.2, 0.25) is 0 Å². The molecule has 0 spiro atoms. The van der Waals surface area contributed by atoms with Crippen molar-refractivity contribution >= 4 is 33.2 Å². The van der Waals surface area contributed by atoms with E-state index in [1.54, 1.807) is 31.0 Å². The summed E-state index contributed by atoms with van der Waals surface area (Å²) in [4.78, 5) is 1.86. The maximum atomic E-state index is 6.39. The smallest absolute Gasteiger partial charge is 0.142 e. The SMILES string of the molecule is Cc1nn(-c2ccccc2)c(N)c1SSc1c(C)nn(-c2ccccc2)c1N. The van der Waals surface area contributed by atoms with Crippen molar-refractivity contribution in [1.82, 2.24) is 19.6 Å². The Hall–Kier alpha value is -2.84. The zero-order chi connectivity index (χ0) is 19.7. The van der Waals surface area contributed by atoms with Crippen molar-refractivity contribution in [3.8, 4) is 11.4 Å². The molecule has 28 heavy (non-hydrogen) atoms. The molecule has 0 saturated heterocycles. The van der Waals surface area contributed by atoms with Gasteiger partial charge in [-0.2, -0.15) is 10.2 Å². The molecule has 0 aliphatic carbocycles. The molecular weight excluding hydrogens is 388 g/mol. The van der Waals surface area contributed by atoms with Crippen LogP contribution in [-0.4, -0.2) is 19.6 Å². The van der Waals surface area contributed by atoms with Crippen LogP contribution in [0.4, 0.5) is 11.6 Å². The summed E-state index contributed by atoms with van der Waals surface area (Å²) in [7, 11) is 3.11. The van der Waals surface area contributed by atoms with E-state index in [4.69, 9.17) is 11.5 Å². The van der Waals surface area contributed by atoms with Gasteiger partial charge in [0.1, 0.15) is 11.6 Å². The second kappa shape index (κ2) is 7.65. The van der Waals surface area contributed by atoms with E-state index in [1.807, 2.05) is 74.5 Å². The summed E-state index contributed by atoms with van der Waals surface area (Å²) in [6.45, 7) is 3.92. The lowest BCUT2D eigenvalue weighted by molar-refractivity contribution is 0.872. The Kier molecular flexibility index (Phi) is 5.06. The molecule has 2 aromatic heterocycles. The van der Waals surface area contributed by atoms with Crippen molar-refractivity contribution in [3.05, 3.63) is 72.1 Å². The average molecular weight is 409 g/mol. The molecule has 0 amide bonds. The molecule has 4 aromatic rings. The van der Waals surface area contributed by atoms with E-state index in [0.29, 0.717) is 11.6 Å². The fourth-order valence-electron chi connectivity index (χ4n) is 2.88. The Balaban J connectivity index is 1.61. The summed E-state index contributed by atoms with van der Waals surface area (Å²) in [6, 6.07) is 19.7. The van der Waals surface area contributed by atoms with E-state index >= 15 is 0 Å². The number of hydrogen-bond donors (Lipinski definition) is 2. The monoisotopic (exact) mass is 408 g/mol. The molecule has 2 heterocycles. The highest BCUT2D eigenvalue weighted by Crippen LogP contribution is 2.45. The molecule has 0 radical (unpaired) electrons. The lowest BCUT2D eigenvalue weighted by atomic mass is 10.3. The number of aryl methyl sites for hydroxylation is 2. The van der Waals surface area contributed by atoms with E-state index in [9.17, 15) is 0 Å². The number of nitrogens with zero attached hydrogens (tertiary/aromatic N) is 4. The number of rotatable bonds is 5. The van der Waals surface area contributed by atoms with Crippen LogP contribution in [0, 0.1) is 13.8 Å². The summed E-state index contributed by atoms with van der Waals surface area (Å²) in [5.74, 6) is 1.24. The first-order chi connectivity index (χ1) is 13.6. The Labute approximate surface area is 171 Å². The Morgan fingerprint density at radius 1 is 0.643 bits per heavy atom. The zero-order valence-corrected chi connectivity index (χ0v) is 17.2. The van der Waals surface area contributed by atoms with Gasteiger partial charge in [0.2, 0.25) is 0 Å². The van der Waals surface area contributed by atoms with Crippen LogP contribution in [0.3, 0.4) is 0 Å². The van der Waals surface area contributed by atoms with Crippen LogP contribution in [-0.2, 0) is 0 Å². The van der Waals surface area contributed by atoms with E-state index < -0.39 is 0 Å². The molecule has 8 heteroatoms. The number of nitrogens with two attached hydrogens (primary N) is 2. The number of nitrogen functional groups attached to an aromatic ring is 2. The highest BCUT2D eigenvalue weighted by Gasteiger charge is 2.19. The Morgan fingerprint density at radius 2 is 1.00 bits per heavy atom. The standard InChI is InChI=1S/C20H20N6S2/c1-13-17(19(21)25(23-13)15-9-5-3-6-10-15)27-28-18-14(2)24-26(20(18)22)16-11-7-4-8-12-16/h3-12H,21-22H2,1-2H3. The topological polar surface area (TPSA) is 87.7 Å². The van der Waals surface area contributed by atoms with Gasteiger partial charge in [-0.25, -0.2) is 9.36 Å². The zero-order valence-electron chi connectivity index (χ0n) is 15.5. The number of para-hydroxylation sites is 2. The van der Waals surface area contributed by atoms with Crippen molar-refractivity contribution in [2.45, 2.75) is 23.6 Å². The lowest BCUT2D eigenvalue weighted by Gasteiger charge is -2.06. The van der Waals surface area contributed by atoms with Gasteiger partial charge in [-0.05, 0) is 59.7 Å². The molecule has 4 rings (SSSR count). The summed E-state index contributed by atoms with van der Waals surface area (Å²) < 4.78 is 3.53. The van der Waals surface area contributed by atoms with Gasteiger partial charge in [-0.3, -0.25) is 0 Å². The van der Waals surface area contributed by atoms with Crippen LogP contribution in [0.25, 0.3) is 11.4 Å². The first kappa shape index (κ1) is 18.5. The predicted molar refractivity (Wildman–Crippen MR) is 117 cm³/mol. The summed E-state index contributed by atoms with van der Waals surface area (Å²) in [5.41, 5.74) is 16.4.